The zero-order valence-corrected chi connectivity index (χ0v) is 13.7. The van der Waals surface area contributed by atoms with Crippen molar-refractivity contribution in [2.45, 2.75) is 47.1 Å². The van der Waals surface area contributed by atoms with Crippen LogP contribution < -0.4 is 10.6 Å². The molecule has 0 saturated carbocycles. The molecule has 0 spiro atoms. The predicted octanol–water partition coefficient (Wildman–Crippen LogP) is 2.28. The van der Waals surface area contributed by atoms with Crippen molar-refractivity contribution in [2.24, 2.45) is 0 Å². The summed E-state index contributed by atoms with van der Waals surface area (Å²) >= 11 is 0. The minimum atomic E-state index is -0.307. The molecule has 1 atom stereocenters. The van der Waals surface area contributed by atoms with E-state index >= 15 is 0 Å². The van der Waals surface area contributed by atoms with Gasteiger partial charge in [0, 0.05) is 31.4 Å². The van der Waals surface area contributed by atoms with E-state index in [1.165, 1.54) is 0 Å². The van der Waals surface area contributed by atoms with E-state index in [9.17, 15) is 4.79 Å². The largest absolute Gasteiger partial charge is 0.358 e. The van der Waals surface area contributed by atoms with Gasteiger partial charge in [-0.25, -0.2) is 4.98 Å². The minimum absolute atomic E-state index is 0.0827. The highest BCUT2D eigenvalue weighted by Crippen LogP contribution is 2.11. The van der Waals surface area contributed by atoms with Crippen LogP contribution in [0.3, 0.4) is 0 Å². The molecule has 6 heteroatoms. The van der Waals surface area contributed by atoms with Crippen molar-refractivity contribution in [1.29, 1.82) is 0 Å². The van der Waals surface area contributed by atoms with E-state index in [4.69, 9.17) is 0 Å². The number of hydrogen-bond donors (Lipinski definition) is 2. The second-order valence-corrected chi connectivity index (χ2v) is 5.02. The Balaban J connectivity index is 2.77. The van der Waals surface area contributed by atoms with Crippen LogP contribution in [0.1, 0.15) is 39.8 Å². The van der Waals surface area contributed by atoms with Crippen molar-refractivity contribution >= 4 is 17.7 Å². The smallest absolute Gasteiger partial charge is 0.244 e. The minimum Gasteiger partial charge on any atom is -0.358 e. The van der Waals surface area contributed by atoms with Gasteiger partial charge in [-0.2, -0.15) is 4.98 Å². The molecule has 1 rings (SSSR count). The number of carbonyl (C=O) groups excluding carboxylic acids is 1. The van der Waals surface area contributed by atoms with Crippen LogP contribution in [0.4, 0.5) is 11.8 Å². The Kier molecular flexibility index (Phi) is 6.91. The van der Waals surface area contributed by atoms with Crippen molar-refractivity contribution < 1.29 is 4.79 Å². The van der Waals surface area contributed by atoms with E-state index in [1.54, 1.807) is 0 Å². The summed E-state index contributed by atoms with van der Waals surface area (Å²) in [7, 11) is 0. The van der Waals surface area contributed by atoms with Gasteiger partial charge in [-0.1, -0.05) is 6.92 Å². The fraction of sp³-hybridized carbons (Fsp3) is 0.667. The third kappa shape index (κ3) is 5.21. The average Bonchev–Trinajstić information content (AvgIpc) is 2.45. The molecule has 6 nitrogen and oxygen atoms in total. The molecule has 0 bridgehead atoms. The second-order valence-electron chi connectivity index (χ2n) is 5.02. The number of anilines is 2. The van der Waals surface area contributed by atoms with Crippen LogP contribution in [0, 0.1) is 6.92 Å². The lowest BCUT2D eigenvalue weighted by molar-refractivity contribution is -0.131. The van der Waals surface area contributed by atoms with Gasteiger partial charge < -0.3 is 15.5 Å². The van der Waals surface area contributed by atoms with Gasteiger partial charge >= 0.3 is 0 Å². The standard InChI is InChI=1S/C15H27N5O/c1-6-9-16-15-17-11(4)10-13(19-15)18-12(5)14(21)20(7-2)8-3/h10,12H,6-9H2,1-5H3,(H2,16,17,18,19). The molecule has 2 N–H and O–H groups in total. The van der Waals surface area contributed by atoms with Crippen molar-refractivity contribution in [3.05, 3.63) is 11.8 Å². The zero-order chi connectivity index (χ0) is 15.8. The molecular formula is C15H27N5O. The van der Waals surface area contributed by atoms with Crippen LogP contribution in [-0.2, 0) is 4.79 Å². The highest BCUT2D eigenvalue weighted by atomic mass is 16.2. The first-order valence-corrected chi connectivity index (χ1v) is 7.66. The summed E-state index contributed by atoms with van der Waals surface area (Å²) in [6, 6.07) is 1.54. The maximum atomic E-state index is 12.3. The van der Waals surface area contributed by atoms with E-state index in [0.717, 1.165) is 18.7 Å². The third-order valence-corrected chi connectivity index (χ3v) is 3.20. The van der Waals surface area contributed by atoms with E-state index in [0.29, 0.717) is 24.9 Å². The number of rotatable bonds is 8. The highest BCUT2D eigenvalue weighted by Gasteiger charge is 2.18. The first kappa shape index (κ1) is 17.2. The number of nitrogens with one attached hydrogen (secondary N) is 2. The lowest BCUT2D eigenvalue weighted by Gasteiger charge is -2.23. The Morgan fingerprint density at radius 1 is 1.29 bits per heavy atom. The van der Waals surface area contributed by atoms with Crippen molar-refractivity contribution in [3.63, 3.8) is 0 Å². The number of hydrogen-bond acceptors (Lipinski definition) is 5. The zero-order valence-electron chi connectivity index (χ0n) is 13.7. The quantitative estimate of drug-likeness (QED) is 0.769. The number of aryl methyl sites for hydroxylation is 1. The fourth-order valence-electron chi connectivity index (χ4n) is 2.05. The third-order valence-electron chi connectivity index (χ3n) is 3.20. The molecule has 21 heavy (non-hydrogen) atoms. The summed E-state index contributed by atoms with van der Waals surface area (Å²) in [6.07, 6.45) is 1.01. The highest BCUT2D eigenvalue weighted by molar-refractivity contribution is 5.84. The average molecular weight is 293 g/mol. The molecule has 118 valence electrons. The number of amides is 1. The first-order chi connectivity index (χ1) is 10.0. The monoisotopic (exact) mass is 293 g/mol. The lowest BCUT2D eigenvalue weighted by atomic mass is 10.2. The molecule has 1 heterocycles. The van der Waals surface area contributed by atoms with Crippen LogP contribution in [0.5, 0.6) is 0 Å². The maximum Gasteiger partial charge on any atom is 0.244 e. The fourth-order valence-corrected chi connectivity index (χ4v) is 2.05. The van der Waals surface area contributed by atoms with Gasteiger partial charge in [0.1, 0.15) is 11.9 Å². The van der Waals surface area contributed by atoms with Crippen LogP contribution in [-0.4, -0.2) is 46.5 Å². The van der Waals surface area contributed by atoms with Crippen LogP contribution in [0.2, 0.25) is 0 Å². The first-order valence-electron chi connectivity index (χ1n) is 7.66. The van der Waals surface area contributed by atoms with Gasteiger partial charge in [-0.05, 0) is 34.1 Å². The lowest BCUT2D eigenvalue weighted by Crippen LogP contribution is -2.41. The summed E-state index contributed by atoms with van der Waals surface area (Å²) in [4.78, 5) is 22.8. The van der Waals surface area contributed by atoms with Gasteiger partial charge in [-0.3, -0.25) is 4.79 Å². The van der Waals surface area contributed by atoms with Gasteiger partial charge in [0.2, 0.25) is 11.9 Å². The summed E-state index contributed by atoms with van der Waals surface area (Å²) < 4.78 is 0. The van der Waals surface area contributed by atoms with Gasteiger partial charge in [-0.15, -0.1) is 0 Å². The van der Waals surface area contributed by atoms with Crippen molar-refractivity contribution in [2.75, 3.05) is 30.3 Å². The number of likely N-dealkylation sites (N-methyl/N-ethyl adjacent to an activating group) is 1. The SMILES string of the molecule is CCCNc1nc(C)cc(NC(C)C(=O)N(CC)CC)n1. The Morgan fingerprint density at radius 3 is 2.52 bits per heavy atom. The number of aromatic nitrogens is 2. The molecule has 0 radical (unpaired) electrons. The molecule has 0 fully saturated rings. The molecule has 0 saturated heterocycles. The molecule has 1 aromatic rings. The van der Waals surface area contributed by atoms with Gasteiger partial charge in [0.25, 0.3) is 0 Å². The van der Waals surface area contributed by atoms with Gasteiger partial charge in [0.05, 0.1) is 0 Å². The topological polar surface area (TPSA) is 70.2 Å². The molecule has 0 aromatic carbocycles. The summed E-state index contributed by atoms with van der Waals surface area (Å²) in [5.41, 5.74) is 0.869. The van der Waals surface area contributed by atoms with E-state index < -0.39 is 0 Å². The molecule has 0 aliphatic carbocycles. The Bertz CT molecular complexity index is 459. The summed E-state index contributed by atoms with van der Waals surface area (Å²) in [5.74, 6) is 1.36. The van der Waals surface area contributed by atoms with E-state index in [1.807, 2.05) is 38.7 Å². The molecule has 1 unspecified atom stereocenters. The number of nitrogens with zero attached hydrogens (tertiary/aromatic N) is 3. The summed E-state index contributed by atoms with van der Waals surface area (Å²) in [5, 5.41) is 6.33. The Hall–Kier alpha value is -1.85. The number of carbonyl (C=O) groups is 1. The van der Waals surface area contributed by atoms with Crippen LogP contribution in [0.25, 0.3) is 0 Å². The molecule has 0 aliphatic rings. The molecular weight excluding hydrogens is 266 g/mol. The predicted molar refractivity (Wildman–Crippen MR) is 86.6 cm³/mol. The molecule has 1 amide bonds. The Labute approximate surface area is 127 Å². The van der Waals surface area contributed by atoms with Gasteiger partial charge in [0.15, 0.2) is 0 Å². The summed E-state index contributed by atoms with van der Waals surface area (Å²) in [6.45, 7) is 12.1. The van der Waals surface area contributed by atoms with E-state index in [-0.39, 0.29) is 11.9 Å². The normalized spacial score (nSPS) is 11.9. The van der Waals surface area contributed by atoms with Crippen molar-refractivity contribution in [3.8, 4) is 0 Å². The Morgan fingerprint density at radius 2 is 1.95 bits per heavy atom. The van der Waals surface area contributed by atoms with Crippen LogP contribution in [0.15, 0.2) is 6.07 Å². The molecule has 1 aromatic heterocycles. The van der Waals surface area contributed by atoms with E-state index in [2.05, 4.69) is 27.5 Å². The van der Waals surface area contributed by atoms with Crippen molar-refractivity contribution in [1.82, 2.24) is 14.9 Å². The molecule has 0 aliphatic heterocycles. The van der Waals surface area contributed by atoms with Crippen LogP contribution >= 0.6 is 0 Å². The maximum absolute atomic E-state index is 12.3. The second kappa shape index (κ2) is 8.44.